The molecule has 0 atom stereocenters. The van der Waals surface area contributed by atoms with Crippen molar-refractivity contribution in [3.05, 3.63) is 65.2 Å². The second-order valence-electron chi connectivity index (χ2n) is 6.54. The van der Waals surface area contributed by atoms with Crippen LogP contribution in [0.2, 0.25) is 0 Å². The minimum Gasteiger partial charge on any atom is -0.299 e. The predicted octanol–water partition coefficient (Wildman–Crippen LogP) is 4.07. The molecule has 0 saturated carbocycles. The van der Waals surface area contributed by atoms with Crippen LogP contribution in [0.25, 0.3) is 6.08 Å². The molecule has 0 unspecified atom stereocenters. The highest BCUT2D eigenvalue weighted by atomic mass is 15.1. The lowest BCUT2D eigenvalue weighted by molar-refractivity contribution is 0.226. The van der Waals surface area contributed by atoms with Crippen LogP contribution in [0.4, 0.5) is 0 Å². The number of hydrogen-bond acceptors (Lipinski definition) is 3. The molecule has 3 rings (SSSR count). The smallest absolute Gasteiger partial charge is 0.115 e. The standard InChI is InChI=1S/C20H25N3/c1-16(12-18-6-4-3-5-7-18)14-23-10-8-19(9-11-23)20-17(2)13-21-15-22-20/h3-7,12-13,15,19H,8-11,14H2,1-2H3/b16-12+. The maximum absolute atomic E-state index is 4.50. The molecule has 2 aromatic rings. The molecule has 0 radical (unpaired) electrons. The van der Waals surface area contributed by atoms with Crippen LogP contribution in [0.3, 0.4) is 0 Å². The minimum absolute atomic E-state index is 0.590. The third-order valence-electron chi connectivity index (χ3n) is 4.60. The molecule has 1 aliphatic heterocycles. The summed E-state index contributed by atoms with van der Waals surface area (Å²) in [6.07, 6.45) is 8.29. The summed E-state index contributed by atoms with van der Waals surface area (Å²) in [4.78, 5) is 11.2. The predicted molar refractivity (Wildman–Crippen MR) is 95.3 cm³/mol. The molecule has 0 amide bonds. The summed E-state index contributed by atoms with van der Waals surface area (Å²) in [7, 11) is 0. The maximum Gasteiger partial charge on any atom is 0.115 e. The first kappa shape index (κ1) is 15.9. The Hall–Kier alpha value is -2.00. The first-order valence-corrected chi connectivity index (χ1v) is 8.43. The molecule has 0 N–H and O–H groups in total. The number of aromatic nitrogens is 2. The SMILES string of the molecule is C/C(=C\c1ccccc1)CN1CCC(c2ncncc2C)CC1. The molecule has 120 valence electrons. The van der Waals surface area contributed by atoms with Gasteiger partial charge in [-0.05, 0) is 50.9 Å². The van der Waals surface area contributed by atoms with Gasteiger partial charge in [-0.15, -0.1) is 0 Å². The Bertz CT molecular complexity index is 656. The Morgan fingerprint density at radius 1 is 1.22 bits per heavy atom. The molecule has 23 heavy (non-hydrogen) atoms. The highest BCUT2D eigenvalue weighted by Gasteiger charge is 2.22. The maximum atomic E-state index is 4.50. The molecule has 2 heterocycles. The van der Waals surface area contributed by atoms with Gasteiger partial charge in [-0.3, -0.25) is 4.90 Å². The van der Waals surface area contributed by atoms with Crippen molar-refractivity contribution in [2.75, 3.05) is 19.6 Å². The molecule has 1 aliphatic rings. The van der Waals surface area contributed by atoms with Crippen molar-refractivity contribution in [1.29, 1.82) is 0 Å². The highest BCUT2D eigenvalue weighted by Crippen LogP contribution is 2.28. The van der Waals surface area contributed by atoms with Crippen LogP contribution in [0.5, 0.6) is 0 Å². The van der Waals surface area contributed by atoms with E-state index < -0.39 is 0 Å². The van der Waals surface area contributed by atoms with Gasteiger partial charge in [0.15, 0.2) is 0 Å². The molecular weight excluding hydrogens is 282 g/mol. The highest BCUT2D eigenvalue weighted by molar-refractivity contribution is 5.52. The monoisotopic (exact) mass is 307 g/mol. The van der Waals surface area contributed by atoms with Crippen LogP contribution in [-0.2, 0) is 0 Å². The largest absolute Gasteiger partial charge is 0.299 e. The van der Waals surface area contributed by atoms with Crippen molar-refractivity contribution >= 4 is 6.08 Å². The summed E-state index contributed by atoms with van der Waals surface area (Å²) in [6.45, 7) is 7.70. The van der Waals surface area contributed by atoms with E-state index >= 15 is 0 Å². The number of benzene rings is 1. The molecule has 3 nitrogen and oxygen atoms in total. The zero-order chi connectivity index (χ0) is 16.1. The molecule has 0 spiro atoms. The Morgan fingerprint density at radius 3 is 2.65 bits per heavy atom. The van der Waals surface area contributed by atoms with E-state index in [2.05, 4.69) is 65.1 Å². The number of rotatable bonds is 4. The Labute approximate surface area is 139 Å². The van der Waals surface area contributed by atoms with E-state index in [9.17, 15) is 0 Å². The Kier molecular flexibility index (Phi) is 5.19. The third-order valence-corrected chi connectivity index (χ3v) is 4.60. The van der Waals surface area contributed by atoms with E-state index in [1.807, 2.05) is 6.20 Å². The average Bonchev–Trinajstić information content (AvgIpc) is 2.57. The number of piperidine rings is 1. The fourth-order valence-corrected chi connectivity index (χ4v) is 3.43. The van der Waals surface area contributed by atoms with Gasteiger partial charge in [0, 0.05) is 24.4 Å². The second kappa shape index (κ2) is 7.51. The van der Waals surface area contributed by atoms with Gasteiger partial charge in [0.05, 0.1) is 0 Å². The van der Waals surface area contributed by atoms with E-state index in [-0.39, 0.29) is 0 Å². The Balaban J connectivity index is 1.55. The van der Waals surface area contributed by atoms with Crippen LogP contribution < -0.4 is 0 Å². The van der Waals surface area contributed by atoms with Gasteiger partial charge in [-0.25, -0.2) is 9.97 Å². The lowest BCUT2D eigenvalue weighted by Gasteiger charge is -2.32. The van der Waals surface area contributed by atoms with Gasteiger partial charge in [0.25, 0.3) is 0 Å². The summed E-state index contributed by atoms with van der Waals surface area (Å²) >= 11 is 0. The molecule has 1 aromatic heterocycles. The van der Waals surface area contributed by atoms with Crippen LogP contribution in [-0.4, -0.2) is 34.5 Å². The molecule has 1 saturated heterocycles. The quantitative estimate of drug-likeness (QED) is 0.852. The molecular formula is C20H25N3. The van der Waals surface area contributed by atoms with E-state index in [4.69, 9.17) is 0 Å². The lowest BCUT2D eigenvalue weighted by atomic mass is 9.91. The Morgan fingerprint density at radius 2 is 1.96 bits per heavy atom. The van der Waals surface area contributed by atoms with Crippen LogP contribution in [0, 0.1) is 6.92 Å². The van der Waals surface area contributed by atoms with E-state index in [1.54, 1.807) is 6.33 Å². The lowest BCUT2D eigenvalue weighted by Crippen LogP contribution is -2.34. The summed E-state index contributed by atoms with van der Waals surface area (Å²) < 4.78 is 0. The second-order valence-corrected chi connectivity index (χ2v) is 6.54. The zero-order valence-corrected chi connectivity index (χ0v) is 14.1. The van der Waals surface area contributed by atoms with Crippen molar-refractivity contribution in [2.45, 2.75) is 32.6 Å². The number of likely N-dealkylation sites (tertiary alicyclic amines) is 1. The summed E-state index contributed by atoms with van der Waals surface area (Å²) in [6, 6.07) is 10.6. The van der Waals surface area contributed by atoms with Gasteiger partial charge in [-0.2, -0.15) is 0 Å². The normalized spacial score (nSPS) is 17.4. The fraction of sp³-hybridized carbons (Fsp3) is 0.400. The molecule has 3 heteroatoms. The van der Waals surface area contributed by atoms with Crippen LogP contribution in [0.15, 0.2) is 48.4 Å². The number of aryl methyl sites for hydroxylation is 1. The van der Waals surface area contributed by atoms with Crippen LogP contribution >= 0.6 is 0 Å². The number of nitrogens with zero attached hydrogens (tertiary/aromatic N) is 3. The van der Waals surface area contributed by atoms with Gasteiger partial charge in [0.1, 0.15) is 6.33 Å². The van der Waals surface area contributed by atoms with Gasteiger partial charge in [0.2, 0.25) is 0 Å². The van der Waals surface area contributed by atoms with Crippen molar-refractivity contribution in [2.24, 2.45) is 0 Å². The van der Waals surface area contributed by atoms with Crippen molar-refractivity contribution in [1.82, 2.24) is 14.9 Å². The van der Waals surface area contributed by atoms with Crippen molar-refractivity contribution in [3.63, 3.8) is 0 Å². The molecule has 1 aromatic carbocycles. The first-order chi connectivity index (χ1) is 11.2. The fourth-order valence-electron chi connectivity index (χ4n) is 3.43. The number of hydrogen-bond donors (Lipinski definition) is 0. The van der Waals surface area contributed by atoms with Crippen molar-refractivity contribution in [3.8, 4) is 0 Å². The van der Waals surface area contributed by atoms with Gasteiger partial charge < -0.3 is 0 Å². The van der Waals surface area contributed by atoms with Gasteiger partial charge in [-0.1, -0.05) is 42.0 Å². The molecule has 0 bridgehead atoms. The van der Waals surface area contributed by atoms with Gasteiger partial charge >= 0.3 is 0 Å². The summed E-state index contributed by atoms with van der Waals surface area (Å²) in [5.41, 5.74) is 5.19. The summed E-state index contributed by atoms with van der Waals surface area (Å²) in [5.74, 6) is 0.590. The first-order valence-electron chi connectivity index (χ1n) is 8.43. The average molecular weight is 307 g/mol. The third kappa shape index (κ3) is 4.26. The van der Waals surface area contributed by atoms with Crippen molar-refractivity contribution < 1.29 is 0 Å². The van der Waals surface area contributed by atoms with E-state index in [1.165, 1.54) is 35.2 Å². The molecule has 1 fully saturated rings. The van der Waals surface area contributed by atoms with E-state index in [0.717, 1.165) is 19.6 Å². The van der Waals surface area contributed by atoms with E-state index in [0.29, 0.717) is 5.92 Å². The molecule has 0 aliphatic carbocycles. The minimum atomic E-state index is 0.590. The summed E-state index contributed by atoms with van der Waals surface area (Å²) in [5, 5.41) is 0. The zero-order valence-electron chi connectivity index (χ0n) is 14.1. The van der Waals surface area contributed by atoms with Crippen LogP contribution in [0.1, 0.15) is 42.5 Å². The topological polar surface area (TPSA) is 29.0 Å².